The molecular formula is C14H19ClF3NO2. The molecule has 3 nitrogen and oxygen atoms in total. The fourth-order valence-corrected chi connectivity index (χ4v) is 1.99. The molecule has 1 aromatic carbocycles. The van der Waals surface area contributed by atoms with Crippen molar-refractivity contribution in [3.05, 3.63) is 28.8 Å². The van der Waals surface area contributed by atoms with Crippen LogP contribution >= 0.6 is 11.6 Å². The van der Waals surface area contributed by atoms with E-state index in [-0.39, 0.29) is 13.0 Å². The lowest BCUT2D eigenvalue weighted by Gasteiger charge is -2.25. The Labute approximate surface area is 126 Å². The van der Waals surface area contributed by atoms with E-state index in [4.69, 9.17) is 27.2 Å². The summed E-state index contributed by atoms with van der Waals surface area (Å²) in [4.78, 5) is 0. The number of unbranched alkanes of at least 4 members (excludes halogenated alkanes) is 1. The lowest BCUT2D eigenvalue weighted by molar-refractivity contribution is -0.260. The first kappa shape index (κ1) is 18.1. The monoisotopic (exact) mass is 325 g/mol. The number of halogens is 4. The third-order valence-corrected chi connectivity index (χ3v) is 3.48. The van der Waals surface area contributed by atoms with Crippen molar-refractivity contribution in [1.82, 2.24) is 0 Å². The topological polar surface area (TPSA) is 55.5 Å². The average Bonchev–Trinajstić information content (AvgIpc) is 2.38. The number of aryl methyl sites for hydroxylation is 1. The Kier molecular flexibility index (Phi) is 6.31. The Morgan fingerprint density at radius 2 is 1.95 bits per heavy atom. The Hall–Kier alpha value is -0.980. The van der Waals surface area contributed by atoms with Crippen LogP contribution < -0.4 is 10.5 Å². The van der Waals surface area contributed by atoms with Crippen LogP contribution in [0.25, 0.3) is 0 Å². The highest BCUT2D eigenvalue weighted by Crippen LogP contribution is 2.30. The second-order valence-corrected chi connectivity index (χ2v) is 5.24. The molecule has 3 N–H and O–H groups in total. The van der Waals surface area contributed by atoms with Gasteiger partial charge < -0.3 is 9.84 Å². The molecule has 1 aromatic rings. The molecule has 0 fully saturated rings. The summed E-state index contributed by atoms with van der Waals surface area (Å²) in [5, 5.41) is 9.72. The van der Waals surface area contributed by atoms with Crippen molar-refractivity contribution in [2.75, 3.05) is 6.61 Å². The van der Waals surface area contributed by atoms with Crippen LogP contribution in [0.3, 0.4) is 0 Å². The van der Waals surface area contributed by atoms with Gasteiger partial charge in [0.2, 0.25) is 5.72 Å². The van der Waals surface area contributed by atoms with Crippen LogP contribution in [0.15, 0.2) is 18.2 Å². The number of hydrogen-bond acceptors (Lipinski definition) is 3. The van der Waals surface area contributed by atoms with E-state index in [0.29, 0.717) is 17.2 Å². The molecule has 1 atom stereocenters. The van der Waals surface area contributed by atoms with Crippen molar-refractivity contribution in [1.29, 1.82) is 0 Å². The van der Waals surface area contributed by atoms with E-state index in [1.165, 1.54) is 0 Å². The Morgan fingerprint density at radius 1 is 1.29 bits per heavy atom. The molecule has 0 aliphatic heterocycles. The van der Waals surface area contributed by atoms with E-state index in [0.717, 1.165) is 12.0 Å². The zero-order valence-corrected chi connectivity index (χ0v) is 12.5. The van der Waals surface area contributed by atoms with Crippen molar-refractivity contribution in [3.8, 4) is 5.75 Å². The predicted octanol–water partition coefficient (Wildman–Crippen LogP) is 3.66. The quantitative estimate of drug-likeness (QED) is 0.594. The van der Waals surface area contributed by atoms with Gasteiger partial charge in [-0.1, -0.05) is 18.5 Å². The summed E-state index contributed by atoms with van der Waals surface area (Å²) < 4.78 is 42.4. The van der Waals surface area contributed by atoms with Gasteiger partial charge in [0.25, 0.3) is 0 Å². The van der Waals surface area contributed by atoms with E-state index in [2.05, 4.69) is 0 Å². The van der Waals surface area contributed by atoms with Gasteiger partial charge in [-0.25, -0.2) is 0 Å². The van der Waals surface area contributed by atoms with Gasteiger partial charge in [0.1, 0.15) is 5.75 Å². The highest BCUT2D eigenvalue weighted by molar-refractivity contribution is 6.31. The second-order valence-electron chi connectivity index (χ2n) is 4.83. The molecule has 0 aliphatic carbocycles. The molecule has 120 valence electrons. The summed E-state index contributed by atoms with van der Waals surface area (Å²) in [6.45, 7) is 2.21. The van der Waals surface area contributed by atoms with Crippen molar-refractivity contribution < 1.29 is 23.0 Å². The average molecular weight is 326 g/mol. The minimum absolute atomic E-state index is 0.112. The van der Waals surface area contributed by atoms with Crippen LogP contribution in [0.4, 0.5) is 13.2 Å². The maximum atomic E-state index is 12.3. The number of hydrogen-bond donors (Lipinski definition) is 2. The highest BCUT2D eigenvalue weighted by atomic mass is 35.5. The summed E-state index contributed by atoms with van der Waals surface area (Å²) in [6, 6.07) is 5.23. The molecule has 1 rings (SSSR count). The molecule has 0 spiro atoms. The zero-order valence-electron chi connectivity index (χ0n) is 11.7. The van der Waals surface area contributed by atoms with Gasteiger partial charge in [0.05, 0.1) is 6.61 Å². The van der Waals surface area contributed by atoms with Gasteiger partial charge in [0.15, 0.2) is 0 Å². The first-order chi connectivity index (χ1) is 9.67. The first-order valence-electron chi connectivity index (χ1n) is 6.66. The summed E-state index contributed by atoms with van der Waals surface area (Å²) in [6.07, 6.45) is -4.14. The standard InChI is InChI=1S/C14H19ClF3NO2/c1-2-10-9-11(5-6-12(10)15)21-8-4-3-7-13(19,20)14(16,17)18/h5-6,9,20H,2-4,7-8,19H2,1H3. The third kappa shape index (κ3) is 5.37. The predicted molar refractivity (Wildman–Crippen MR) is 75.4 cm³/mol. The van der Waals surface area contributed by atoms with E-state index in [1.54, 1.807) is 18.2 Å². The number of nitrogens with two attached hydrogens (primary N) is 1. The first-order valence-corrected chi connectivity index (χ1v) is 7.04. The van der Waals surface area contributed by atoms with Crippen LogP contribution in [0.5, 0.6) is 5.75 Å². The van der Waals surface area contributed by atoms with Crippen LogP contribution in [0, 0.1) is 0 Å². The van der Waals surface area contributed by atoms with Crippen molar-refractivity contribution in [3.63, 3.8) is 0 Å². The SMILES string of the molecule is CCc1cc(OCCCCC(N)(O)C(F)(F)F)ccc1Cl. The summed E-state index contributed by atoms with van der Waals surface area (Å²) >= 11 is 5.97. The molecule has 0 aromatic heterocycles. The van der Waals surface area contributed by atoms with Crippen LogP contribution in [-0.4, -0.2) is 23.6 Å². The van der Waals surface area contributed by atoms with Crippen LogP contribution in [-0.2, 0) is 6.42 Å². The van der Waals surface area contributed by atoms with Gasteiger partial charge >= 0.3 is 6.18 Å². The molecule has 1 unspecified atom stereocenters. The lowest BCUT2D eigenvalue weighted by atomic mass is 10.1. The Bertz CT molecular complexity index is 464. The maximum absolute atomic E-state index is 12.3. The fourth-order valence-electron chi connectivity index (χ4n) is 1.74. The van der Waals surface area contributed by atoms with E-state index in [9.17, 15) is 13.2 Å². The maximum Gasteiger partial charge on any atom is 0.430 e. The number of benzene rings is 1. The van der Waals surface area contributed by atoms with E-state index >= 15 is 0 Å². The summed E-state index contributed by atoms with van der Waals surface area (Å²) in [5.41, 5.74) is 2.63. The summed E-state index contributed by atoms with van der Waals surface area (Å²) in [7, 11) is 0. The molecule has 0 radical (unpaired) electrons. The number of aliphatic hydroxyl groups is 1. The normalized spacial score (nSPS) is 14.8. The van der Waals surface area contributed by atoms with Crippen molar-refractivity contribution >= 4 is 11.6 Å². The third-order valence-electron chi connectivity index (χ3n) is 3.11. The fraction of sp³-hybridized carbons (Fsp3) is 0.571. The smallest absolute Gasteiger partial charge is 0.430 e. The molecule has 0 saturated carbocycles. The zero-order chi connectivity index (χ0) is 16.1. The molecule has 0 saturated heterocycles. The second kappa shape index (κ2) is 7.33. The highest BCUT2D eigenvalue weighted by Gasteiger charge is 2.50. The number of ether oxygens (including phenoxy) is 1. The minimum atomic E-state index is -4.82. The van der Waals surface area contributed by atoms with Crippen molar-refractivity contribution in [2.24, 2.45) is 5.73 Å². The van der Waals surface area contributed by atoms with E-state index < -0.39 is 18.3 Å². The van der Waals surface area contributed by atoms with Gasteiger partial charge in [-0.3, -0.25) is 5.73 Å². The minimum Gasteiger partial charge on any atom is -0.494 e. The molecule has 0 bridgehead atoms. The van der Waals surface area contributed by atoms with Gasteiger partial charge in [-0.2, -0.15) is 13.2 Å². The molecule has 0 heterocycles. The Balaban J connectivity index is 2.35. The molecule has 0 aliphatic rings. The van der Waals surface area contributed by atoms with Gasteiger partial charge in [-0.15, -0.1) is 0 Å². The van der Waals surface area contributed by atoms with Gasteiger partial charge in [-0.05, 0) is 49.4 Å². The largest absolute Gasteiger partial charge is 0.494 e. The van der Waals surface area contributed by atoms with Gasteiger partial charge in [0, 0.05) is 5.02 Å². The van der Waals surface area contributed by atoms with Crippen molar-refractivity contribution in [2.45, 2.75) is 44.5 Å². The van der Waals surface area contributed by atoms with Crippen LogP contribution in [0.1, 0.15) is 31.7 Å². The lowest BCUT2D eigenvalue weighted by Crippen LogP contribution is -2.53. The molecular weight excluding hydrogens is 307 g/mol. The number of rotatable bonds is 7. The summed E-state index contributed by atoms with van der Waals surface area (Å²) in [5.74, 6) is 0.620. The van der Waals surface area contributed by atoms with Crippen LogP contribution in [0.2, 0.25) is 5.02 Å². The molecule has 0 amide bonds. The molecule has 21 heavy (non-hydrogen) atoms. The molecule has 7 heteroatoms. The Morgan fingerprint density at radius 3 is 2.52 bits per heavy atom. The number of alkyl halides is 3. The van der Waals surface area contributed by atoms with E-state index in [1.807, 2.05) is 6.92 Å².